The zero-order valence-corrected chi connectivity index (χ0v) is 30.8. The predicted octanol–water partition coefficient (Wildman–Crippen LogP) is 9.60. The van der Waals surface area contributed by atoms with Crippen LogP contribution < -0.4 is 20.7 Å². The average Bonchev–Trinajstić information content (AvgIpc) is 3.66. The molecule has 6 rings (SSSR count). The molecule has 0 radical (unpaired) electrons. The van der Waals surface area contributed by atoms with Crippen molar-refractivity contribution in [3.8, 4) is 17.0 Å². The number of benzene rings is 2. The number of carbonyl (C=O) groups excluding carboxylic acids is 3. The summed E-state index contributed by atoms with van der Waals surface area (Å²) in [6.45, 7) is 0. The van der Waals surface area contributed by atoms with Gasteiger partial charge in [-0.25, -0.2) is 18.6 Å². The molecule has 0 saturated heterocycles. The molecule has 318 valence electrons. The van der Waals surface area contributed by atoms with Gasteiger partial charge in [0, 0.05) is 53.0 Å². The van der Waals surface area contributed by atoms with Crippen LogP contribution in [0.2, 0.25) is 0 Å². The standard InChI is InChI=1S/C39H35F11N4O5/c1-58-35-26(15-19(17-51-35)25-14-18(7-11-28(25)40)32(39(48,49)50)59-36(57)53-20-4-2-5-20)33(55)54-31-24-10-9-23(22(24)6-3-13-37(42,43)44)30(31)34(56)52-21-8-12-29(41)27(16-21)38(45,46)47/h6-8,11-12,14-17,20,23-24,30-32H,2-5,9-10,13H2,1H3,(H,52,56)(H,53,57)(H,54,55)/b22-6-/t23?,24?,30-,31+,32-/m0/s1. The van der Waals surface area contributed by atoms with Gasteiger partial charge in [-0.2, -0.15) is 39.5 Å². The molecule has 2 aromatic carbocycles. The highest BCUT2D eigenvalue weighted by atomic mass is 19.4. The lowest BCUT2D eigenvalue weighted by molar-refractivity contribution is -0.206. The Morgan fingerprint density at radius 1 is 0.881 bits per heavy atom. The fourth-order valence-electron chi connectivity index (χ4n) is 7.79. The molecule has 2 unspecified atom stereocenters. The zero-order valence-electron chi connectivity index (χ0n) is 30.8. The molecule has 3 N–H and O–H groups in total. The van der Waals surface area contributed by atoms with E-state index in [0.29, 0.717) is 43.0 Å². The minimum Gasteiger partial charge on any atom is -0.480 e. The number of rotatable bonds is 11. The van der Waals surface area contributed by atoms with Gasteiger partial charge in [-0.1, -0.05) is 17.7 Å². The first-order chi connectivity index (χ1) is 27.6. The summed E-state index contributed by atoms with van der Waals surface area (Å²) in [5.74, 6) is -7.69. The number of nitrogens with zero attached hydrogens (tertiary/aromatic N) is 1. The average molecular weight is 849 g/mol. The summed E-state index contributed by atoms with van der Waals surface area (Å²) in [4.78, 5) is 44.2. The molecule has 2 bridgehead atoms. The zero-order chi connectivity index (χ0) is 43.0. The van der Waals surface area contributed by atoms with Crippen LogP contribution in [0.15, 0.2) is 60.3 Å². The lowest BCUT2D eigenvalue weighted by Crippen LogP contribution is -2.48. The molecule has 3 saturated carbocycles. The number of carbonyl (C=O) groups is 3. The monoisotopic (exact) mass is 848 g/mol. The van der Waals surface area contributed by atoms with Crippen LogP contribution in [0.3, 0.4) is 0 Å². The molecule has 1 aromatic heterocycles. The van der Waals surface area contributed by atoms with Crippen molar-refractivity contribution in [1.82, 2.24) is 15.6 Å². The van der Waals surface area contributed by atoms with E-state index in [9.17, 15) is 58.3 Å². The van der Waals surface area contributed by atoms with E-state index in [1.165, 1.54) is 6.08 Å². The van der Waals surface area contributed by atoms with Gasteiger partial charge in [0.05, 0.1) is 18.6 Å². The lowest BCUT2D eigenvalue weighted by Gasteiger charge is -2.30. The Balaban J connectivity index is 1.31. The highest BCUT2D eigenvalue weighted by Gasteiger charge is 2.55. The molecule has 9 nitrogen and oxygen atoms in total. The van der Waals surface area contributed by atoms with Crippen molar-refractivity contribution in [3.63, 3.8) is 0 Å². The molecular weight excluding hydrogens is 813 g/mol. The third-order valence-corrected chi connectivity index (χ3v) is 10.7. The van der Waals surface area contributed by atoms with Crippen LogP contribution in [0, 0.1) is 29.4 Å². The molecule has 3 aromatic rings. The molecule has 0 spiro atoms. The second-order valence-corrected chi connectivity index (χ2v) is 14.5. The van der Waals surface area contributed by atoms with Crippen LogP contribution in [0.25, 0.3) is 11.1 Å². The van der Waals surface area contributed by atoms with E-state index in [1.54, 1.807) is 0 Å². The highest BCUT2D eigenvalue weighted by molar-refractivity contribution is 5.99. The second kappa shape index (κ2) is 16.7. The number of ether oxygens (including phenoxy) is 2. The van der Waals surface area contributed by atoms with Crippen molar-refractivity contribution >= 4 is 23.6 Å². The number of aromatic nitrogens is 1. The Kier molecular flexibility index (Phi) is 12.2. The lowest BCUT2D eigenvalue weighted by atomic mass is 9.83. The first kappa shape index (κ1) is 43.2. The molecule has 3 aliphatic rings. The number of alkyl halides is 9. The number of fused-ring (bicyclic) bond motifs is 2. The van der Waals surface area contributed by atoms with E-state index >= 15 is 4.39 Å². The summed E-state index contributed by atoms with van der Waals surface area (Å²) in [6, 6.07) is 3.50. The number of allylic oxidation sites excluding steroid dienone is 1. The molecule has 3 fully saturated rings. The molecule has 3 amide bonds. The van der Waals surface area contributed by atoms with Gasteiger partial charge in [0.25, 0.3) is 5.91 Å². The fourth-order valence-corrected chi connectivity index (χ4v) is 7.79. The second-order valence-electron chi connectivity index (χ2n) is 14.5. The smallest absolute Gasteiger partial charge is 0.429 e. The molecular formula is C39H35F11N4O5. The third-order valence-electron chi connectivity index (χ3n) is 10.7. The predicted molar refractivity (Wildman–Crippen MR) is 187 cm³/mol. The van der Waals surface area contributed by atoms with E-state index in [2.05, 4.69) is 20.9 Å². The quantitative estimate of drug-likeness (QED) is 0.131. The van der Waals surface area contributed by atoms with Gasteiger partial charge in [-0.15, -0.1) is 0 Å². The maximum Gasteiger partial charge on any atom is 0.429 e. The Morgan fingerprint density at radius 3 is 2.20 bits per heavy atom. The van der Waals surface area contributed by atoms with E-state index in [4.69, 9.17) is 9.47 Å². The Bertz CT molecular complexity index is 2120. The number of methoxy groups -OCH3 is 1. The van der Waals surface area contributed by atoms with Gasteiger partial charge in [0.1, 0.15) is 17.2 Å². The van der Waals surface area contributed by atoms with Crippen LogP contribution in [-0.4, -0.2) is 54.4 Å². The van der Waals surface area contributed by atoms with E-state index in [1.807, 2.05) is 0 Å². The van der Waals surface area contributed by atoms with Crippen molar-refractivity contribution < 1.29 is 72.2 Å². The molecule has 1 heterocycles. The van der Waals surface area contributed by atoms with E-state index in [-0.39, 0.29) is 23.9 Å². The van der Waals surface area contributed by atoms with Gasteiger partial charge in [-0.3, -0.25) is 9.59 Å². The largest absolute Gasteiger partial charge is 0.480 e. The van der Waals surface area contributed by atoms with Crippen molar-refractivity contribution in [3.05, 3.63) is 88.6 Å². The number of halogens is 11. The Labute approximate surface area is 328 Å². The summed E-state index contributed by atoms with van der Waals surface area (Å²) >= 11 is 0. The van der Waals surface area contributed by atoms with Crippen LogP contribution in [-0.2, 0) is 15.7 Å². The summed E-state index contributed by atoms with van der Waals surface area (Å²) < 4.78 is 161. The van der Waals surface area contributed by atoms with Crippen LogP contribution in [0.5, 0.6) is 5.88 Å². The minimum atomic E-state index is -5.13. The van der Waals surface area contributed by atoms with Crippen molar-refractivity contribution in [2.24, 2.45) is 17.8 Å². The van der Waals surface area contributed by atoms with Gasteiger partial charge in [0.15, 0.2) is 0 Å². The maximum absolute atomic E-state index is 15.3. The van der Waals surface area contributed by atoms with Crippen LogP contribution >= 0.6 is 0 Å². The molecule has 0 aliphatic heterocycles. The van der Waals surface area contributed by atoms with E-state index in [0.717, 1.165) is 44.0 Å². The first-order valence-electron chi connectivity index (χ1n) is 18.3. The van der Waals surface area contributed by atoms with Crippen molar-refractivity contribution in [1.29, 1.82) is 0 Å². The highest BCUT2D eigenvalue weighted by Crippen LogP contribution is 2.53. The first-order valence-corrected chi connectivity index (χ1v) is 18.3. The molecule has 3 aliphatic carbocycles. The molecule has 5 atom stereocenters. The van der Waals surface area contributed by atoms with Gasteiger partial charge in [0.2, 0.25) is 17.9 Å². The van der Waals surface area contributed by atoms with E-state index < -0.39 is 119 Å². The van der Waals surface area contributed by atoms with Gasteiger partial charge >= 0.3 is 24.6 Å². The Morgan fingerprint density at radius 2 is 1.58 bits per heavy atom. The molecule has 20 heteroatoms. The number of nitrogens with one attached hydrogen (secondary N) is 3. The van der Waals surface area contributed by atoms with Gasteiger partial charge in [-0.05, 0) is 80.8 Å². The summed E-state index contributed by atoms with van der Waals surface area (Å²) in [5.41, 5.74) is -3.50. The third kappa shape index (κ3) is 9.73. The topological polar surface area (TPSA) is 119 Å². The molecule has 59 heavy (non-hydrogen) atoms. The van der Waals surface area contributed by atoms with Crippen LogP contribution in [0.4, 0.5) is 58.8 Å². The SMILES string of the molecule is COc1ncc(-c2cc([C@H](OC(=O)NC3CCC3)C(F)(F)F)ccc2F)cc1C(=O)N[C@@H]1C2CCC(/C2=C/CCC(F)(F)F)[C@@H]1C(=O)Nc1ccc(F)c(C(F)(F)F)c1. The number of alkyl carbamates (subject to hydrolysis) is 1. The summed E-state index contributed by atoms with van der Waals surface area (Å²) in [5, 5.41) is 7.30. The van der Waals surface area contributed by atoms with Crippen molar-refractivity contribution in [2.75, 3.05) is 12.4 Å². The van der Waals surface area contributed by atoms with Crippen LogP contribution in [0.1, 0.15) is 72.5 Å². The summed E-state index contributed by atoms with van der Waals surface area (Å²) in [6.07, 6.45) is -15.8. The number of hydrogen-bond acceptors (Lipinski definition) is 6. The van der Waals surface area contributed by atoms with Gasteiger partial charge < -0.3 is 25.4 Å². The maximum atomic E-state index is 15.3. The number of pyridine rings is 1. The number of amides is 3. The number of hydrogen-bond donors (Lipinski definition) is 3. The Hall–Kier alpha value is -5.43. The normalized spacial score (nSPS) is 21.8. The number of anilines is 1. The van der Waals surface area contributed by atoms with Crippen molar-refractivity contribution in [2.45, 2.75) is 81.7 Å². The fraction of sp³-hybridized carbons (Fsp3) is 0.436. The summed E-state index contributed by atoms with van der Waals surface area (Å²) in [7, 11) is 1.12. The minimum absolute atomic E-state index is 0.234.